The molecule has 0 spiro atoms. The maximum atomic E-state index is 7.32. The molecule has 0 heterocycles. The second-order valence-electron chi connectivity index (χ2n) is 4.57. The van der Waals surface area contributed by atoms with E-state index in [4.69, 9.17) is 5.41 Å². The van der Waals surface area contributed by atoms with Crippen LogP contribution < -0.4 is 0 Å². The Balaban J connectivity index is 2.18. The van der Waals surface area contributed by atoms with Crippen LogP contribution in [0.15, 0.2) is 23.1 Å². The normalized spacial score (nSPS) is 16.6. The van der Waals surface area contributed by atoms with Crippen LogP contribution in [0.3, 0.4) is 0 Å². The van der Waals surface area contributed by atoms with Crippen molar-refractivity contribution < 1.29 is 0 Å². The molecule has 2 rings (SSSR count). The summed E-state index contributed by atoms with van der Waals surface area (Å²) in [6.07, 6.45) is 10.4. The van der Waals surface area contributed by atoms with Crippen LogP contribution in [0.2, 0.25) is 0 Å². The molecule has 2 heteroatoms. The van der Waals surface area contributed by atoms with Gasteiger partial charge in [-0.3, -0.25) is 0 Å². The predicted molar refractivity (Wildman–Crippen MR) is 71.8 cm³/mol. The van der Waals surface area contributed by atoms with E-state index in [1.807, 2.05) is 17.8 Å². The van der Waals surface area contributed by atoms with Gasteiger partial charge in [0.1, 0.15) is 0 Å². The Bertz CT molecular complexity index is 367. The predicted octanol–water partition coefficient (Wildman–Crippen LogP) is 4.14. The van der Waals surface area contributed by atoms with Crippen LogP contribution in [-0.4, -0.2) is 12.5 Å². The van der Waals surface area contributed by atoms with Crippen molar-refractivity contribution in [1.29, 1.82) is 5.41 Å². The van der Waals surface area contributed by atoms with Gasteiger partial charge in [0.15, 0.2) is 0 Å². The number of nitrogens with one attached hydrogen (secondary N) is 1. The third kappa shape index (κ3) is 2.67. The van der Waals surface area contributed by atoms with Crippen LogP contribution >= 0.6 is 11.8 Å². The summed E-state index contributed by atoms with van der Waals surface area (Å²) in [7, 11) is 0. The summed E-state index contributed by atoms with van der Waals surface area (Å²) in [4.78, 5) is 1.39. The summed E-state index contributed by atoms with van der Waals surface area (Å²) >= 11 is 1.82. The van der Waals surface area contributed by atoms with Crippen molar-refractivity contribution in [3.63, 3.8) is 0 Å². The van der Waals surface area contributed by atoms with Crippen LogP contribution in [0.4, 0.5) is 0 Å². The number of benzene rings is 1. The van der Waals surface area contributed by atoms with Crippen molar-refractivity contribution in [2.24, 2.45) is 5.92 Å². The Morgan fingerprint density at radius 1 is 1.38 bits per heavy atom. The summed E-state index contributed by atoms with van der Waals surface area (Å²) in [6, 6.07) is 6.39. The van der Waals surface area contributed by atoms with E-state index in [0.29, 0.717) is 0 Å². The quantitative estimate of drug-likeness (QED) is 0.613. The second kappa shape index (κ2) is 5.53. The largest absolute Gasteiger partial charge is 0.308 e. The molecule has 1 aromatic rings. The summed E-state index contributed by atoms with van der Waals surface area (Å²) in [5.74, 6) is 0.881. The summed E-state index contributed by atoms with van der Waals surface area (Å²) in [5.41, 5.74) is 2.48. The highest BCUT2D eigenvalue weighted by Gasteiger charge is 2.16. The van der Waals surface area contributed by atoms with Crippen molar-refractivity contribution in [1.82, 2.24) is 0 Å². The Hall–Kier alpha value is -0.760. The lowest BCUT2D eigenvalue weighted by Crippen LogP contribution is -2.01. The lowest BCUT2D eigenvalue weighted by Gasteiger charge is -2.13. The molecule has 86 valence electrons. The van der Waals surface area contributed by atoms with Gasteiger partial charge in [0, 0.05) is 11.1 Å². The SMILES string of the molecule is CSc1ccc(C=N)cc1CC1CCCC1. The summed E-state index contributed by atoms with van der Waals surface area (Å²) in [6.45, 7) is 0. The van der Waals surface area contributed by atoms with E-state index in [1.165, 1.54) is 48.8 Å². The smallest absolute Gasteiger partial charge is 0.0250 e. The average molecular weight is 233 g/mol. The number of thioether (sulfide) groups is 1. The van der Waals surface area contributed by atoms with Gasteiger partial charge in [0.25, 0.3) is 0 Å². The topological polar surface area (TPSA) is 23.9 Å². The van der Waals surface area contributed by atoms with Crippen molar-refractivity contribution in [2.75, 3.05) is 6.26 Å². The first-order valence-corrected chi connectivity index (χ1v) is 7.23. The summed E-state index contributed by atoms with van der Waals surface area (Å²) < 4.78 is 0. The Labute approximate surface area is 102 Å². The van der Waals surface area contributed by atoms with Gasteiger partial charge in [0.2, 0.25) is 0 Å². The highest BCUT2D eigenvalue weighted by molar-refractivity contribution is 7.98. The molecule has 1 aliphatic carbocycles. The minimum Gasteiger partial charge on any atom is -0.308 e. The van der Waals surface area contributed by atoms with Gasteiger partial charge in [0.05, 0.1) is 0 Å². The maximum Gasteiger partial charge on any atom is 0.0250 e. The molecule has 16 heavy (non-hydrogen) atoms. The first-order valence-electron chi connectivity index (χ1n) is 6.01. The Morgan fingerprint density at radius 2 is 2.12 bits per heavy atom. The molecule has 1 saturated carbocycles. The van der Waals surface area contributed by atoms with Gasteiger partial charge in [-0.05, 0) is 41.9 Å². The minimum atomic E-state index is 0.881. The highest BCUT2D eigenvalue weighted by atomic mass is 32.2. The third-order valence-electron chi connectivity index (χ3n) is 3.45. The first-order chi connectivity index (χ1) is 7.83. The van der Waals surface area contributed by atoms with Gasteiger partial charge >= 0.3 is 0 Å². The molecule has 0 unspecified atom stereocenters. The molecule has 1 aromatic carbocycles. The third-order valence-corrected chi connectivity index (χ3v) is 4.29. The summed E-state index contributed by atoms with van der Waals surface area (Å²) in [5, 5.41) is 7.32. The van der Waals surface area contributed by atoms with E-state index in [0.717, 1.165) is 11.5 Å². The van der Waals surface area contributed by atoms with E-state index in [2.05, 4.69) is 18.4 Å². The fourth-order valence-corrected chi connectivity index (χ4v) is 3.18. The van der Waals surface area contributed by atoms with Crippen LogP contribution in [0.5, 0.6) is 0 Å². The number of rotatable bonds is 4. The molecular weight excluding hydrogens is 214 g/mol. The minimum absolute atomic E-state index is 0.881. The molecule has 1 nitrogen and oxygen atoms in total. The van der Waals surface area contributed by atoms with E-state index in [1.54, 1.807) is 0 Å². The highest BCUT2D eigenvalue weighted by Crippen LogP contribution is 2.31. The molecule has 0 bridgehead atoms. The van der Waals surface area contributed by atoms with Crippen molar-refractivity contribution in [3.05, 3.63) is 29.3 Å². The Kier molecular flexibility index (Phi) is 4.05. The maximum absolute atomic E-state index is 7.32. The van der Waals surface area contributed by atoms with Crippen LogP contribution in [0.25, 0.3) is 0 Å². The lowest BCUT2D eigenvalue weighted by atomic mass is 9.97. The molecule has 1 N–H and O–H groups in total. The molecule has 1 fully saturated rings. The molecule has 0 amide bonds. The van der Waals surface area contributed by atoms with Crippen molar-refractivity contribution in [3.8, 4) is 0 Å². The standard InChI is InChI=1S/C14H19NS/c1-16-14-7-6-12(10-15)9-13(14)8-11-4-2-3-5-11/h6-7,9-11,15H,2-5,8H2,1H3. The van der Waals surface area contributed by atoms with E-state index in [-0.39, 0.29) is 0 Å². The zero-order chi connectivity index (χ0) is 11.4. The molecule has 1 aliphatic rings. The lowest BCUT2D eigenvalue weighted by molar-refractivity contribution is 0.542. The molecule has 0 aliphatic heterocycles. The number of hydrogen-bond donors (Lipinski definition) is 1. The molecule has 0 saturated heterocycles. The molecule has 0 aromatic heterocycles. The second-order valence-corrected chi connectivity index (χ2v) is 5.42. The van der Waals surface area contributed by atoms with Crippen molar-refractivity contribution >= 4 is 18.0 Å². The van der Waals surface area contributed by atoms with Gasteiger partial charge in [-0.1, -0.05) is 31.7 Å². The van der Waals surface area contributed by atoms with Gasteiger partial charge in [-0.15, -0.1) is 11.8 Å². The Morgan fingerprint density at radius 3 is 2.75 bits per heavy atom. The zero-order valence-corrected chi connectivity index (χ0v) is 10.6. The van der Waals surface area contributed by atoms with E-state index >= 15 is 0 Å². The fourth-order valence-electron chi connectivity index (χ4n) is 2.57. The van der Waals surface area contributed by atoms with Gasteiger partial charge < -0.3 is 5.41 Å². The van der Waals surface area contributed by atoms with Crippen LogP contribution in [0, 0.1) is 11.3 Å². The fraction of sp³-hybridized carbons (Fsp3) is 0.500. The van der Waals surface area contributed by atoms with E-state index in [9.17, 15) is 0 Å². The molecular formula is C14H19NS. The van der Waals surface area contributed by atoms with E-state index < -0.39 is 0 Å². The zero-order valence-electron chi connectivity index (χ0n) is 9.83. The molecule has 0 atom stereocenters. The van der Waals surface area contributed by atoms with Gasteiger partial charge in [-0.2, -0.15) is 0 Å². The van der Waals surface area contributed by atoms with Crippen LogP contribution in [0.1, 0.15) is 36.8 Å². The monoisotopic (exact) mass is 233 g/mol. The number of hydrogen-bond acceptors (Lipinski definition) is 2. The molecule has 0 radical (unpaired) electrons. The first kappa shape index (κ1) is 11.7. The van der Waals surface area contributed by atoms with Crippen LogP contribution in [-0.2, 0) is 6.42 Å². The average Bonchev–Trinajstić information content (AvgIpc) is 2.82. The van der Waals surface area contributed by atoms with Gasteiger partial charge in [-0.25, -0.2) is 0 Å². The van der Waals surface area contributed by atoms with Crippen molar-refractivity contribution in [2.45, 2.75) is 37.0 Å².